The van der Waals surface area contributed by atoms with Crippen molar-refractivity contribution >= 4 is 5.78 Å². The van der Waals surface area contributed by atoms with E-state index in [1.165, 1.54) is 109 Å². The Morgan fingerprint density at radius 2 is 1.38 bits per heavy atom. The van der Waals surface area contributed by atoms with E-state index in [0.29, 0.717) is 11.8 Å². The van der Waals surface area contributed by atoms with E-state index < -0.39 is 0 Å². The number of nitrogens with one attached hydrogen (secondary N) is 1. The summed E-state index contributed by atoms with van der Waals surface area (Å²) >= 11 is 0. The number of allylic oxidation sites excluding steroid dienone is 1. The molecular formula is C30H53NO. The Balaban J connectivity index is 1.30. The molecule has 0 aliphatic heterocycles. The van der Waals surface area contributed by atoms with E-state index >= 15 is 0 Å². The second-order valence-corrected chi connectivity index (χ2v) is 11.8. The van der Waals surface area contributed by atoms with Gasteiger partial charge in [-0.25, -0.2) is 0 Å². The number of unbranched alkanes of at least 4 members (excludes halogenated alkanes) is 12. The second-order valence-electron chi connectivity index (χ2n) is 11.8. The third-order valence-corrected chi connectivity index (χ3v) is 9.41. The summed E-state index contributed by atoms with van der Waals surface area (Å²) in [7, 11) is 2.13. The number of hydrogen-bond donors (Lipinski definition) is 1. The highest BCUT2D eigenvalue weighted by Gasteiger charge is 2.59. The van der Waals surface area contributed by atoms with Crippen molar-refractivity contribution in [2.75, 3.05) is 7.05 Å². The molecule has 0 amide bonds. The fourth-order valence-electron chi connectivity index (χ4n) is 8.23. The van der Waals surface area contributed by atoms with Crippen LogP contribution in [0.2, 0.25) is 0 Å². The van der Waals surface area contributed by atoms with Crippen LogP contribution in [0.15, 0.2) is 12.7 Å². The lowest BCUT2D eigenvalue weighted by atomic mass is 9.43. The topological polar surface area (TPSA) is 29.1 Å². The highest BCUT2D eigenvalue weighted by atomic mass is 16.1. The van der Waals surface area contributed by atoms with Gasteiger partial charge in [0.05, 0.1) is 0 Å². The molecule has 1 N–H and O–H groups in total. The van der Waals surface area contributed by atoms with Crippen molar-refractivity contribution in [3.63, 3.8) is 0 Å². The minimum absolute atomic E-state index is 0.0747. The molecule has 2 nitrogen and oxygen atoms in total. The number of Topliss-reactive ketones (excluding diaryl/α,β-unsaturated/α-hetero) is 1. The summed E-state index contributed by atoms with van der Waals surface area (Å²) in [6.07, 6.45) is 27.2. The molecule has 0 aromatic heterocycles. The zero-order valence-corrected chi connectivity index (χ0v) is 21.5. The maximum absolute atomic E-state index is 13.4. The minimum atomic E-state index is 0.0747. The first-order valence-corrected chi connectivity index (χ1v) is 14.5. The zero-order valence-electron chi connectivity index (χ0n) is 21.5. The van der Waals surface area contributed by atoms with Crippen molar-refractivity contribution in [1.82, 2.24) is 5.32 Å². The Hall–Kier alpha value is -0.630. The summed E-state index contributed by atoms with van der Waals surface area (Å²) < 4.78 is 0. The van der Waals surface area contributed by atoms with Gasteiger partial charge in [-0.2, -0.15) is 0 Å². The molecule has 4 aliphatic carbocycles. The maximum atomic E-state index is 13.4. The van der Waals surface area contributed by atoms with Crippen LogP contribution in [0.1, 0.15) is 129 Å². The van der Waals surface area contributed by atoms with E-state index in [-0.39, 0.29) is 11.3 Å². The molecule has 0 aromatic carbocycles. The van der Waals surface area contributed by atoms with Crippen molar-refractivity contribution in [3.05, 3.63) is 12.7 Å². The second kappa shape index (κ2) is 13.3. The highest BCUT2D eigenvalue weighted by Crippen LogP contribution is 2.63. The molecule has 4 atom stereocenters. The predicted molar refractivity (Wildman–Crippen MR) is 138 cm³/mol. The van der Waals surface area contributed by atoms with Gasteiger partial charge in [-0.1, -0.05) is 90.0 Å². The quantitative estimate of drug-likeness (QED) is 0.171. The first kappa shape index (κ1) is 26.0. The van der Waals surface area contributed by atoms with E-state index in [9.17, 15) is 4.79 Å². The molecule has 0 spiro atoms. The van der Waals surface area contributed by atoms with Crippen LogP contribution < -0.4 is 5.32 Å². The van der Waals surface area contributed by atoms with Gasteiger partial charge in [0.25, 0.3) is 0 Å². The van der Waals surface area contributed by atoms with E-state index in [1.54, 1.807) is 0 Å². The molecule has 0 saturated heterocycles. The number of carbonyl (C=O) groups excluding carboxylic acids is 1. The van der Waals surface area contributed by atoms with Gasteiger partial charge in [-0.15, -0.1) is 6.58 Å². The Kier molecular flexibility index (Phi) is 10.8. The largest absolute Gasteiger partial charge is 0.316 e. The molecule has 0 aromatic rings. The van der Waals surface area contributed by atoms with E-state index in [1.807, 2.05) is 6.08 Å². The molecule has 4 fully saturated rings. The van der Waals surface area contributed by atoms with Gasteiger partial charge in [-0.3, -0.25) is 4.79 Å². The first-order valence-electron chi connectivity index (χ1n) is 14.5. The summed E-state index contributed by atoms with van der Waals surface area (Å²) in [4.78, 5) is 13.4. The van der Waals surface area contributed by atoms with Crippen LogP contribution in [0.4, 0.5) is 0 Å². The molecule has 0 heterocycles. The molecule has 4 unspecified atom stereocenters. The summed E-state index contributed by atoms with van der Waals surface area (Å²) in [6, 6.07) is 0.522. The molecule has 4 saturated carbocycles. The van der Waals surface area contributed by atoms with Crippen molar-refractivity contribution in [2.24, 2.45) is 29.1 Å². The Morgan fingerprint density at radius 1 is 0.875 bits per heavy atom. The Bertz CT molecular complexity index is 555. The van der Waals surface area contributed by atoms with Gasteiger partial charge in [0.1, 0.15) is 5.78 Å². The molecule has 0 radical (unpaired) electrons. The van der Waals surface area contributed by atoms with Gasteiger partial charge < -0.3 is 5.32 Å². The normalized spacial score (nSPS) is 31.7. The standard InChI is InChI=1S/C30H53NO/c1-4-6-7-8-9-10-11-12-13-14-15-16-17-18-28(32)27(5-2)30-22-24-19-25(23-30)21-26(20-24)29(30)31-3/h5,24-27,29,31H,2,4,6-23H2,1,3H3. The van der Waals surface area contributed by atoms with E-state index in [0.717, 1.165) is 30.6 Å². The molecule has 184 valence electrons. The van der Waals surface area contributed by atoms with Crippen LogP contribution in [0, 0.1) is 29.1 Å². The third kappa shape index (κ3) is 6.49. The van der Waals surface area contributed by atoms with Crippen LogP contribution in [0.25, 0.3) is 0 Å². The van der Waals surface area contributed by atoms with Crippen LogP contribution >= 0.6 is 0 Å². The monoisotopic (exact) mass is 443 g/mol. The smallest absolute Gasteiger partial charge is 0.140 e. The van der Waals surface area contributed by atoms with Crippen LogP contribution in [-0.4, -0.2) is 18.9 Å². The molecule has 2 heteroatoms. The predicted octanol–water partition coefficient (Wildman–Crippen LogP) is 8.25. The lowest BCUT2D eigenvalue weighted by Gasteiger charge is -2.63. The fraction of sp³-hybridized carbons (Fsp3) is 0.900. The average molecular weight is 444 g/mol. The maximum Gasteiger partial charge on any atom is 0.140 e. The summed E-state index contributed by atoms with van der Waals surface area (Å²) in [5.74, 6) is 3.08. The van der Waals surface area contributed by atoms with E-state index in [2.05, 4.69) is 25.9 Å². The number of ketones is 1. The first-order chi connectivity index (χ1) is 15.6. The van der Waals surface area contributed by atoms with Crippen molar-refractivity contribution in [1.29, 1.82) is 0 Å². The third-order valence-electron chi connectivity index (χ3n) is 9.41. The van der Waals surface area contributed by atoms with Crippen LogP contribution in [-0.2, 0) is 4.79 Å². The molecule has 4 aliphatic rings. The molecule has 32 heavy (non-hydrogen) atoms. The van der Waals surface area contributed by atoms with Crippen LogP contribution in [0.5, 0.6) is 0 Å². The number of hydrogen-bond acceptors (Lipinski definition) is 2. The van der Waals surface area contributed by atoms with Gasteiger partial charge >= 0.3 is 0 Å². The number of rotatable bonds is 18. The summed E-state index contributed by atoms with van der Waals surface area (Å²) in [6.45, 7) is 6.46. The molecule has 4 bridgehead atoms. The Morgan fingerprint density at radius 3 is 1.84 bits per heavy atom. The number of carbonyl (C=O) groups is 1. The Labute approximate surface area is 199 Å². The lowest BCUT2D eigenvalue weighted by Crippen LogP contribution is -2.63. The van der Waals surface area contributed by atoms with Crippen molar-refractivity contribution < 1.29 is 4.79 Å². The average Bonchev–Trinajstić information content (AvgIpc) is 2.77. The van der Waals surface area contributed by atoms with Gasteiger partial charge in [0.2, 0.25) is 0 Å². The van der Waals surface area contributed by atoms with E-state index in [4.69, 9.17) is 0 Å². The van der Waals surface area contributed by atoms with Crippen molar-refractivity contribution in [3.8, 4) is 0 Å². The minimum Gasteiger partial charge on any atom is -0.316 e. The summed E-state index contributed by atoms with van der Waals surface area (Å²) in [5.41, 5.74) is 0.166. The highest BCUT2D eigenvalue weighted by molar-refractivity contribution is 5.83. The van der Waals surface area contributed by atoms with Crippen LogP contribution in [0.3, 0.4) is 0 Å². The lowest BCUT2D eigenvalue weighted by molar-refractivity contribution is -0.141. The van der Waals surface area contributed by atoms with Gasteiger partial charge in [0, 0.05) is 18.4 Å². The fourth-order valence-corrected chi connectivity index (χ4v) is 8.23. The summed E-state index contributed by atoms with van der Waals surface area (Å²) in [5, 5.41) is 3.67. The SMILES string of the molecule is C=CC(C(=O)CCCCCCCCCCCCCCC)C12CC3CC(CC(C3)C1NC)C2. The molecule has 4 rings (SSSR count). The zero-order chi connectivity index (χ0) is 22.8. The van der Waals surface area contributed by atoms with Gasteiger partial charge in [0.15, 0.2) is 0 Å². The molecular weight excluding hydrogens is 390 g/mol. The van der Waals surface area contributed by atoms with Gasteiger partial charge in [-0.05, 0) is 68.7 Å². The van der Waals surface area contributed by atoms with Crippen molar-refractivity contribution in [2.45, 2.75) is 135 Å².